The Morgan fingerprint density at radius 2 is 1.87 bits per heavy atom. The summed E-state index contributed by atoms with van der Waals surface area (Å²) in [4.78, 5) is 12.5. The Balaban J connectivity index is 1.74. The number of methoxy groups -OCH3 is 1. The van der Waals surface area contributed by atoms with E-state index in [0.29, 0.717) is 16.7 Å². The van der Waals surface area contributed by atoms with E-state index < -0.39 is 22.9 Å². The van der Waals surface area contributed by atoms with Gasteiger partial charge in [-0.2, -0.15) is 13.2 Å². The van der Waals surface area contributed by atoms with Gasteiger partial charge in [0, 0.05) is 17.6 Å². The molecule has 31 heavy (non-hydrogen) atoms. The number of aromatic nitrogens is 3. The predicted molar refractivity (Wildman–Crippen MR) is 113 cm³/mol. The lowest BCUT2D eigenvalue weighted by Gasteiger charge is -2.16. The van der Waals surface area contributed by atoms with Crippen LogP contribution in [-0.2, 0) is 18.0 Å². The SMILES string of the molecule is COc1ccc(-c2nnc(SC(C)C(=O)Nc3ccc(Cl)cc3C(F)(F)F)n2C)cc1. The number of hydrogen-bond donors (Lipinski definition) is 1. The van der Waals surface area contributed by atoms with E-state index in [1.54, 1.807) is 37.8 Å². The number of amides is 1. The van der Waals surface area contributed by atoms with Crippen molar-refractivity contribution in [2.75, 3.05) is 12.4 Å². The van der Waals surface area contributed by atoms with Gasteiger partial charge in [0.15, 0.2) is 11.0 Å². The van der Waals surface area contributed by atoms with Gasteiger partial charge >= 0.3 is 6.18 Å². The number of hydrogen-bond acceptors (Lipinski definition) is 5. The lowest BCUT2D eigenvalue weighted by atomic mass is 10.1. The molecule has 0 spiro atoms. The van der Waals surface area contributed by atoms with Gasteiger partial charge in [0.05, 0.1) is 23.6 Å². The van der Waals surface area contributed by atoms with Gasteiger partial charge in [-0.3, -0.25) is 4.79 Å². The van der Waals surface area contributed by atoms with E-state index in [2.05, 4.69) is 15.5 Å². The highest BCUT2D eigenvalue weighted by molar-refractivity contribution is 8.00. The first-order valence-electron chi connectivity index (χ1n) is 8.98. The van der Waals surface area contributed by atoms with Crippen molar-refractivity contribution >= 4 is 35.0 Å². The maximum Gasteiger partial charge on any atom is 0.418 e. The fraction of sp³-hybridized carbons (Fsp3) is 0.250. The summed E-state index contributed by atoms with van der Waals surface area (Å²) in [5.41, 5.74) is -0.562. The van der Waals surface area contributed by atoms with Crippen molar-refractivity contribution in [3.63, 3.8) is 0 Å². The summed E-state index contributed by atoms with van der Waals surface area (Å²) in [5.74, 6) is 0.674. The Hall–Kier alpha value is -2.72. The van der Waals surface area contributed by atoms with E-state index in [1.165, 1.54) is 6.07 Å². The van der Waals surface area contributed by atoms with E-state index >= 15 is 0 Å². The number of thioether (sulfide) groups is 1. The molecular formula is C20H18ClF3N4O2S. The second-order valence-corrected chi connectivity index (χ2v) is 8.28. The molecule has 0 aliphatic heterocycles. The molecule has 0 saturated heterocycles. The van der Waals surface area contributed by atoms with Crippen LogP contribution < -0.4 is 10.1 Å². The van der Waals surface area contributed by atoms with Crippen molar-refractivity contribution in [1.29, 1.82) is 0 Å². The Morgan fingerprint density at radius 1 is 1.19 bits per heavy atom. The van der Waals surface area contributed by atoms with Crippen molar-refractivity contribution in [2.24, 2.45) is 7.05 Å². The zero-order valence-corrected chi connectivity index (χ0v) is 18.3. The van der Waals surface area contributed by atoms with Gasteiger partial charge in [0.2, 0.25) is 5.91 Å². The number of anilines is 1. The first kappa shape index (κ1) is 23.0. The van der Waals surface area contributed by atoms with Gasteiger partial charge in [-0.25, -0.2) is 0 Å². The van der Waals surface area contributed by atoms with Crippen LogP contribution in [0.1, 0.15) is 12.5 Å². The van der Waals surface area contributed by atoms with Crippen molar-refractivity contribution in [2.45, 2.75) is 23.5 Å². The molecule has 0 aliphatic rings. The summed E-state index contributed by atoms with van der Waals surface area (Å²) in [5, 5.41) is 10.2. The van der Waals surface area contributed by atoms with Crippen LogP contribution in [-0.4, -0.2) is 33.0 Å². The van der Waals surface area contributed by atoms with E-state index in [1.807, 2.05) is 12.1 Å². The van der Waals surface area contributed by atoms with E-state index in [9.17, 15) is 18.0 Å². The highest BCUT2D eigenvalue weighted by atomic mass is 35.5. The molecule has 1 aromatic heterocycles. The molecule has 0 fully saturated rings. The topological polar surface area (TPSA) is 69.0 Å². The molecule has 0 aliphatic carbocycles. The molecule has 3 aromatic rings. The standard InChI is InChI=1S/C20H18ClF3N4O2S/c1-11(18(29)25-16-9-6-13(21)10-15(16)20(22,23)24)31-19-27-26-17(28(19)2)12-4-7-14(30-3)8-5-12/h4-11H,1-3H3,(H,25,29). The highest BCUT2D eigenvalue weighted by Gasteiger charge is 2.34. The summed E-state index contributed by atoms with van der Waals surface area (Å²) in [6, 6.07) is 10.4. The fourth-order valence-electron chi connectivity index (χ4n) is 2.71. The molecule has 1 N–H and O–H groups in total. The fourth-order valence-corrected chi connectivity index (χ4v) is 3.70. The van der Waals surface area contributed by atoms with Crippen LogP contribution in [0, 0.1) is 0 Å². The third kappa shape index (κ3) is 5.31. The molecule has 164 valence electrons. The van der Waals surface area contributed by atoms with Crippen molar-refractivity contribution < 1.29 is 22.7 Å². The number of carbonyl (C=O) groups is 1. The molecule has 3 rings (SSSR count). The van der Waals surface area contributed by atoms with Gasteiger partial charge in [-0.1, -0.05) is 23.4 Å². The number of alkyl halides is 3. The maximum atomic E-state index is 13.2. The van der Waals surface area contributed by atoms with Crippen LogP contribution in [0.4, 0.5) is 18.9 Å². The van der Waals surface area contributed by atoms with E-state index in [0.717, 1.165) is 29.5 Å². The summed E-state index contributed by atoms with van der Waals surface area (Å²) in [6.45, 7) is 1.57. The van der Waals surface area contributed by atoms with Gasteiger partial charge < -0.3 is 14.6 Å². The van der Waals surface area contributed by atoms with Crippen LogP contribution in [0.5, 0.6) is 5.75 Å². The Morgan fingerprint density at radius 3 is 2.48 bits per heavy atom. The number of halogens is 4. The van der Waals surface area contributed by atoms with Crippen LogP contribution in [0.3, 0.4) is 0 Å². The molecule has 0 radical (unpaired) electrons. The van der Waals surface area contributed by atoms with E-state index in [-0.39, 0.29) is 10.7 Å². The van der Waals surface area contributed by atoms with Crippen LogP contribution in [0.25, 0.3) is 11.4 Å². The zero-order valence-electron chi connectivity index (χ0n) is 16.7. The number of nitrogens with zero attached hydrogens (tertiary/aromatic N) is 3. The number of benzene rings is 2. The minimum atomic E-state index is -4.65. The first-order valence-corrected chi connectivity index (χ1v) is 10.2. The summed E-state index contributed by atoms with van der Waals surface area (Å²) < 4.78 is 46.6. The average molecular weight is 471 g/mol. The Bertz CT molecular complexity index is 1090. The summed E-state index contributed by atoms with van der Waals surface area (Å²) >= 11 is 6.76. The first-order chi connectivity index (χ1) is 14.6. The van der Waals surface area contributed by atoms with Gasteiger partial charge in [-0.05, 0) is 49.4 Å². The van der Waals surface area contributed by atoms with Crippen LogP contribution >= 0.6 is 23.4 Å². The Kier molecular flexibility index (Phi) is 6.80. The minimum absolute atomic E-state index is 0.0714. The second kappa shape index (κ2) is 9.19. The lowest BCUT2D eigenvalue weighted by molar-refractivity contribution is -0.137. The normalized spacial score (nSPS) is 12.5. The molecule has 2 aromatic carbocycles. The number of rotatable bonds is 6. The smallest absolute Gasteiger partial charge is 0.418 e. The van der Waals surface area contributed by atoms with Crippen molar-refractivity contribution in [1.82, 2.24) is 14.8 Å². The van der Waals surface area contributed by atoms with Gasteiger partial charge in [0.1, 0.15) is 5.75 Å². The van der Waals surface area contributed by atoms with Gasteiger partial charge in [-0.15, -0.1) is 10.2 Å². The second-order valence-electron chi connectivity index (χ2n) is 6.53. The molecule has 1 unspecified atom stereocenters. The average Bonchev–Trinajstić information content (AvgIpc) is 3.08. The third-order valence-corrected chi connectivity index (χ3v) is 5.75. The molecule has 0 saturated carbocycles. The minimum Gasteiger partial charge on any atom is -0.497 e. The summed E-state index contributed by atoms with van der Waals surface area (Å²) in [6.07, 6.45) is -4.65. The quantitative estimate of drug-likeness (QED) is 0.496. The number of ether oxygens (including phenoxy) is 1. The zero-order chi connectivity index (χ0) is 22.8. The molecule has 1 atom stereocenters. The maximum absolute atomic E-state index is 13.2. The molecule has 1 amide bonds. The molecule has 6 nitrogen and oxygen atoms in total. The number of carbonyl (C=O) groups excluding carboxylic acids is 1. The largest absolute Gasteiger partial charge is 0.497 e. The molecule has 1 heterocycles. The highest BCUT2D eigenvalue weighted by Crippen LogP contribution is 2.37. The molecular weight excluding hydrogens is 453 g/mol. The van der Waals surface area contributed by atoms with Crippen LogP contribution in [0.15, 0.2) is 47.6 Å². The predicted octanol–water partition coefficient (Wildman–Crippen LogP) is 5.28. The lowest BCUT2D eigenvalue weighted by Crippen LogP contribution is -2.24. The van der Waals surface area contributed by atoms with Crippen molar-refractivity contribution in [3.8, 4) is 17.1 Å². The van der Waals surface area contributed by atoms with Crippen LogP contribution in [0.2, 0.25) is 5.02 Å². The van der Waals surface area contributed by atoms with Gasteiger partial charge in [0.25, 0.3) is 0 Å². The van der Waals surface area contributed by atoms with Crippen molar-refractivity contribution in [3.05, 3.63) is 53.1 Å². The van der Waals surface area contributed by atoms with E-state index in [4.69, 9.17) is 16.3 Å². The monoisotopic (exact) mass is 470 g/mol. The third-order valence-electron chi connectivity index (χ3n) is 4.38. The molecule has 0 bridgehead atoms. The number of nitrogens with one attached hydrogen (secondary N) is 1. The molecule has 11 heteroatoms. The summed E-state index contributed by atoms with van der Waals surface area (Å²) in [7, 11) is 3.31. The Labute approximate surface area is 185 Å².